The van der Waals surface area contributed by atoms with E-state index in [1.54, 1.807) is 0 Å². The zero-order valence-electron chi connectivity index (χ0n) is 12.1. The van der Waals surface area contributed by atoms with Crippen molar-refractivity contribution in [2.24, 2.45) is 0 Å². The monoisotopic (exact) mass is 281 g/mol. The number of nitrogens with zero attached hydrogens (tertiary/aromatic N) is 2. The minimum Gasteiger partial charge on any atom is -0.392 e. The molecule has 108 valence electrons. The smallest absolute Gasteiger partial charge is 0.144 e. The van der Waals surface area contributed by atoms with Crippen molar-refractivity contribution in [1.29, 1.82) is 0 Å². The molecule has 4 heteroatoms. The number of aliphatic hydroxyl groups is 1. The van der Waals surface area contributed by atoms with Gasteiger partial charge in [0.2, 0.25) is 0 Å². The Labute approximate surface area is 123 Å². The Morgan fingerprint density at radius 1 is 1.19 bits per heavy atom. The van der Waals surface area contributed by atoms with Crippen LogP contribution in [0.2, 0.25) is 0 Å². The minimum atomic E-state index is -0.0460. The summed E-state index contributed by atoms with van der Waals surface area (Å²) < 4.78 is 1.82. The standard InChI is InChI=1S/C17H19N3O/c1-2-4-12-6-8-13(9-7-12)15-16(18)20-10-3-5-14(11-21)17(20)19-15/h3,5-10,21H,2,4,11,18H2,1H3. The van der Waals surface area contributed by atoms with Crippen LogP contribution in [0, 0.1) is 0 Å². The maximum absolute atomic E-state index is 9.41. The van der Waals surface area contributed by atoms with Gasteiger partial charge >= 0.3 is 0 Å². The summed E-state index contributed by atoms with van der Waals surface area (Å²) >= 11 is 0. The van der Waals surface area contributed by atoms with Crippen molar-refractivity contribution >= 4 is 11.5 Å². The van der Waals surface area contributed by atoms with Gasteiger partial charge in [0.15, 0.2) is 0 Å². The Morgan fingerprint density at radius 2 is 1.95 bits per heavy atom. The van der Waals surface area contributed by atoms with Gasteiger partial charge in [0.1, 0.15) is 17.2 Å². The molecular weight excluding hydrogens is 262 g/mol. The lowest BCUT2D eigenvalue weighted by Crippen LogP contribution is -1.96. The third kappa shape index (κ3) is 2.38. The highest BCUT2D eigenvalue weighted by atomic mass is 16.3. The molecule has 0 saturated heterocycles. The predicted octanol–water partition coefficient (Wildman–Crippen LogP) is 3.03. The van der Waals surface area contributed by atoms with Crippen LogP contribution in [0.3, 0.4) is 0 Å². The number of nitrogen functional groups attached to an aromatic ring is 1. The molecule has 0 atom stereocenters. The molecular formula is C17H19N3O. The second-order valence-electron chi connectivity index (χ2n) is 5.18. The summed E-state index contributed by atoms with van der Waals surface area (Å²) in [5.74, 6) is 0.601. The molecule has 0 bridgehead atoms. The molecule has 3 N–H and O–H groups in total. The predicted molar refractivity (Wildman–Crippen MR) is 85.0 cm³/mol. The quantitative estimate of drug-likeness (QED) is 0.772. The SMILES string of the molecule is CCCc1ccc(-c2nc3c(CO)cccn3c2N)cc1. The number of nitrogens with two attached hydrogens (primary N) is 1. The molecule has 0 fully saturated rings. The van der Waals surface area contributed by atoms with Crippen molar-refractivity contribution in [2.45, 2.75) is 26.4 Å². The first kappa shape index (κ1) is 13.6. The highest BCUT2D eigenvalue weighted by Crippen LogP contribution is 2.28. The molecule has 3 aromatic rings. The lowest BCUT2D eigenvalue weighted by Gasteiger charge is -2.02. The molecule has 0 unspecified atom stereocenters. The summed E-state index contributed by atoms with van der Waals surface area (Å²) in [6.45, 7) is 2.13. The number of anilines is 1. The largest absolute Gasteiger partial charge is 0.392 e. The van der Waals surface area contributed by atoms with Gasteiger partial charge in [-0.05, 0) is 18.1 Å². The first-order valence-corrected chi connectivity index (χ1v) is 7.20. The zero-order chi connectivity index (χ0) is 14.8. The number of aromatic nitrogens is 2. The Hall–Kier alpha value is -2.33. The molecule has 3 rings (SSSR count). The maximum atomic E-state index is 9.41. The van der Waals surface area contributed by atoms with Crippen molar-refractivity contribution in [2.75, 3.05) is 5.73 Å². The summed E-state index contributed by atoms with van der Waals surface area (Å²) in [5, 5.41) is 9.41. The fraction of sp³-hybridized carbons (Fsp3) is 0.235. The van der Waals surface area contributed by atoms with Crippen LogP contribution in [-0.4, -0.2) is 14.5 Å². The number of fused-ring (bicyclic) bond motifs is 1. The number of hydrogen-bond acceptors (Lipinski definition) is 3. The van der Waals surface area contributed by atoms with E-state index in [4.69, 9.17) is 5.73 Å². The average Bonchev–Trinajstić information content (AvgIpc) is 2.86. The molecule has 21 heavy (non-hydrogen) atoms. The highest BCUT2D eigenvalue weighted by molar-refractivity contribution is 5.76. The molecule has 0 spiro atoms. The minimum absolute atomic E-state index is 0.0460. The summed E-state index contributed by atoms with van der Waals surface area (Å²) in [6, 6.07) is 12.1. The van der Waals surface area contributed by atoms with Crippen LogP contribution in [0.4, 0.5) is 5.82 Å². The molecule has 0 aliphatic rings. The molecule has 0 saturated carbocycles. The Kier molecular flexibility index (Phi) is 3.62. The molecule has 2 heterocycles. The van der Waals surface area contributed by atoms with E-state index in [-0.39, 0.29) is 6.61 Å². The number of aryl methyl sites for hydroxylation is 1. The molecule has 0 aliphatic carbocycles. The fourth-order valence-corrected chi connectivity index (χ4v) is 2.60. The highest BCUT2D eigenvalue weighted by Gasteiger charge is 2.13. The summed E-state index contributed by atoms with van der Waals surface area (Å²) in [5.41, 5.74) is 10.8. The van der Waals surface area contributed by atoms with Crippen LogP contribution in [0.25, 0.3) is 16.9 Å². The van der Waals surface area contributed by atoms with Crippen LogP contribution < -0.4 is 5.73 Å². The molecule has 0 radical (unpaired) electrons. The summed E-state index contributed by atoms with van der Waals surface area (Å²) in [4.78, 5) is 4.61. The van der Waals surface area contributed by atoms with E-state index < -0.39 is 0 Å². The van der Waals surface area contributed by atoms with Gasteiger partial charge < -0.3 is 10.8 Å². The lowest BCUT2D eigenvalue weighted by atomic mass is 10.1. The zero-order valence-corrected chi connectivity index (χ0v) is 12.1. The Bertz CT molecular complexity index is 760. The molecule has 4 nitrogen and oxygen atoms in total. The summed E-state index contributed by atoms with van der Waals surface area (Å²) in [6.07, 6.45) is 4.08. The fourth-order valence-electron chi connectivity index (χ4n) is 2.60. The average molecular weight is 281 g/mol. The van der Waals surface area contributed by atoms with E-state index >= 15 is 0 Å². The number of benzene rings is 1. The van der Waals surface area contributed by atoms with E-state index in [0.717, 1.165) is 29.7 Å². The number of rotatable bonds is 4. The van der Waals surface area contributed by atoms with Crippen molar-refractivity contribution < 1.29 is 5.11 Å². The third-order valence-electron chi connectivity index (χ3n) is 3.70. The van der Waals surface area contributed by atoms with Gasteiger partial charge in [0, 0.05) is 17.3 Å². The second-order valence-corrected chi connectivity index (χ2v) is 5.18. The van der Waals surface area contributed by atoms with Crippen LogP contribution in [-0.2, 0) is 13.0 Å². The molecule has 1 aromatic carbocycles. The van der Waals surface area contributed by atoms with Crippen molar-refractivity contribution in [3.8, 4) is 11.3 Å². The first-order valence-electron chi connectivity index (χ1n) is 7.20. The number of imidazole rings is 1. The molecule has 0 aliphatic heterocycles. The third-order valence-corrected chi connectivity index (χ3v) is 3.70. The van der Waals surface area contributed by atoms with Gasteiger partial charge in [-0.3, -0.25) is 4.40 Å². The van der Waals surface area contributed by atoms with Gasteiger partial charge in [-0.1, -0.05) is 43.7 Å². The second kappa shape index (κ2) is 5.58. The van der Waals surface area contributed by atoms with Crippen LogP contribution in [0.1, 0.15) is 24.5 Å². The van der Waals surface area contributed by atoms with Gasteiger partial charge in [-0.2, -0.15) is 0 Å². The van der Waals surface area contributed by atoms with E-state index in [0.29, 0.717) is 11.5 Å². The van der Waals surface area contributed by atoms with E-state index in [1.165, 1.54) is 5.56 Å². The lowest BCUT2D eigenvalue weighted by molar-refractivity contribution is 0.282. The van der Waals surface area contributed by atoms with Gasteiger partial charge in [0.25, 0.3) is 0 Å². The van der Waals surface area contributed by atoms with Gasteiger partial charge in [-0.15, -0.1) is 0 Å². The van der Waals surface area contributed by atoms with Crippen LogP contribution in [0.15, 0.2) is 42.6 Å². The summed E-state index contributed by atoms with van der Waals surface area (Å²) in [7, 11) is 0. The van der Waals surface area contributed by atoms with Crippen LogP contribution in [0.5, 0.6) is 0 Å². The first-order chi connectivity index (χ1) is 10.2. The molecule has 0 amide bonds. The van der Waals surface area contributed by atoms with Crippen molar-refractivity contribution in [1.82, 2.24) is 9.38 Å². The number of pyridine rings is 1. The van der Waals surface area contributed by atoms with E-state index in [2.05, 4.69) is 36.2 Å². The normalized spacial score (nSPS) is 11.1. The Morgan fingerprint density at radius 3 is 2.62 bits per heavy atom. The van der Waals surface area contributed by atoms with E-state index in [9.17, 15) is 5.11 Å². The number of aliphatic hydroxyl groups excluding tert-OH is 1. The van der Waals surface area contributed by atoms with Crippen LogP contribution >= 0.6 is 0 Å². The molecule has 2 aromatic heterocycles. The van der Waals surface area contributed by atoms with Crippen molar-refractivity contribution in [3.63, 3.8) is 0 Å². The van der Waals surface area contributed by atoms with Gasteiger partial charge in [-0.25, -0.2) is 4.98 Å². The van der Waals surface area contributed by atoms with E-state index in [1.807, 2.05) is 22.7 Å². The topological polar surface area (TPSA) is 63.5 Å². The van der Waals surface area contributed by atoms with Crippen molar-refractivity contribution in [3.05, 3.63) is 53.7 Å². The Balaban J connectivity index is 2.09. The number of hydrogen-bond donors (Lipinski definition) is 2. The van der Waals surface area contributed by atoms with Gasteiger partial charge in [0.05, 0.1) is 6.61 Å². The maximum Gasteiger partial charge on any atom is 0.144 e.